The van der Waals surface area contributed by atoms with E-state index in [2.05, 4.69) is 29.5 Å². The maximum absolute atomic E-state index is 4.06. The predicted molar refractivity (Wildman–Crippen MR) is 99.4 cm³/mol. The van der Waals surface area contributed by atoms with Crippen LogP contribution >= 0.6 is 0 Å². The van der Waals surface area contributed by atoms with Crippen molar-refractivity contribution in [3.63, 3.8) is 0 Å². The molecule has 0 aromatic rings. The third-order valence-electron chi connectivity index (χ3n) is 8.99. The highest BCUT2D eigenvalue weighted by molar-refractivity contribution is 5.22. The van der Waals surface area contributed by atoms with Crippen LogP contribution in [-0.2, 0) is 0 Å². The number of nitrogens with zero attached hydrogens (tertiary/aromatic N) is 1. The molecule has 134 valence electrons. The van der Waals surface area contributed by atoms with E-state index in [1.54, 1.807) is 0 Å². The molecule has 0 aromatic carbocycles. The third kappa shape index (κ3) is 2.28. The maximum Gasteiger partial charge on any atom is 0.0539 e. The summed E-state index contributed by atoms with van der Waals surface area (Å²) in [5.41, 5.74) is 5.04. The van der Waals surface area contributed by atoms with E-state index in [0.29, 0.717) is 11.0 Å². The SMILES string of the molecule is C[C@]12CCCCC1CC[C@H]1[C@@H]3CC=C[C@@]3(NN3CCCC3)CC[C@@H]12. The zero-order chi connectivity index (χ0) is 16.2. The van der Waals surface area contributed by atoms with Crippen molar-refractivity contribution in [3.05, 3.63) is 12.2 Å². The van der Waals surface area contributed by atoms with Crippen molar-refractivity contribution in [3.8, 4) is 0 Å². The largest absolute Gasteiger partial charge is 0.245 e. The van der Waals surface area contributed by atoms with Gasteiger partial charge in [-0.3, -0.25) is 0 Å². The minimum Gasteiger partial charge on any atom is -0.245 e. The van der Waals surface area contributed by atoms with Crippen LogP contribution in [0.1, 0.15) is 77.6 Å². The van der Waals surface area contributed by atoms with Gasteiger partial charge in [0, 0.05) is 13.1 Å². The molecule has 1 heterocycles. The van der Waals surface area contributed by atoms with E-state index in [9.17, 15) is 0 Å². The fraction of sp³-hybridized carbons (Fsp3) is 0.909. The van der Waals surface area contributed by atoms with Crippen LogP contribution in [0.2, 0.25) is 0 Å². The molecule has 5 aliphatic rings. The van der Waals surface area contributed by atoms with Gasteiger partial charge in [-0.15, -0.1) is 0 Å². The zero-order valence-corrected chi connectivity index (χ0v) is 15.6. The number of fused-ring (bicyclic) bond motifs is 5. The summed E-state index contributed by atoms with van der Waals surface area (Å²) in [5, 5.41) is 2.55. The van der Waals surface area contributed by atoms with Gasteiger partial charge in [-0.05, 0) is 86.9 Å². The lowest BCUT2D eigenvalue weighted by molar-refractivity contribution is -0.0985. The molecular weight excluding hydrogens is 292 g/mol. The Morgan fingerprint density at radius 2 is 1.79 bits per heavy atom. The van der Waals surface area contributed by atoms with Gasteiger partial charge in [0.15, 0.2) is 0 Å². The summed E-state index contributed by atoms with van der Waals surface area (Å²) in [6.45, 7) is 5.21. The van der Waals surface area contributed by atoms with Crippen LogP contribution in [0, 0.1) is 29.1 Å². The van der Waals surface area contributed by atoms with Crippen molar-refractivity contribution in [1.29, 1.82) is 0 Å². The van der Waals surface area contributed by atoms with Gasteiger partial charge in [-0.1, -0.05) is 31.9 Å². The Morgan fingerprint density at radius 1 is 0.917 bits per heavy atom. The second kappa shape index (κ2) is 5.84. The molecule has 4 fully saturated rings. The Hall–Kier alpha value is -0.340. The highest BCUT2D eigenvalue weighted by Gasteiger charge is 2.57. The summed E-state index contributed by atoms with van der Waals surface area (Å²) < 4.78 is 0. The van der Waals surface area contributed by atoms with E-state index in [1.165, 1.54) is 83.7 Å². The Balaban J connectivity index is 1.40. The average molecular weight is 329 g/mol. The molecular formula is C22H36N2. The molecule has 0 radical (unpaired) electrons. The molecule has 6 atom stereocenters. The van der Waals surface area contributed by atoms with Crippen LogP contribution in [0.4, 0.5) is 0 Å². The first-order valence-electron chi connectivity index (χ1n) is 10.9. The van der Waals surface area contributed by atoms with Crippen molar-refractivity contribution in [2.45, 2.75) is 83.1 Å². The number of hydrogen-bond acceptors (Lipinski definition) is 2. The fourth-order valence-electron chi connectivity index (χ4n) is 7.78. The van der Waals surface area contributed by atoms with E-state index in [0.717, 1.165) is 23.7 Å². The van der Waals surface area contributed by atoms with Gasteiger partial charge in [-0.2, -0.15) is 0 Å². The second-order valence-corrected chi connectivity index (χ2v) is 9.93. The maximum atomic E-state index is 4.06. The van der Waals surface area contributed by atoms with Crippen LogP contribution < -0.4 is 5.43 Å². The lowest BCUT2D eigenvalue weighted by atomic mass is 9.46. The molecule has 0 aromatic heterocycles. The lowest BCUT2D eigenvalue weighted by Gasteiger charge is -2.60. The summed E-state index contributed by atoms with van der Waals surface area (Å²) in [4.78, 5) is 0. The molecule has 24 heavy (non-hydrogen) atoms. The van der Waals surface area contributed by atoms with Crippen molar-refractivity contribution in [2.24, 2.45) is 29.1 Å². The monoisotopic (exact) mass is 328 g/mol. The summed E-state index contributed by atoms with van der Waals surface area (Å²) in [5.74, 6) is 3.90. The fourth-order valence-corrected chi connectivity index (χ4v) is 7.78. The second-order valence-electron chi connectivity index (χ2n) is 9.93. The summed E-state index contributed by atoms with van der Waals surface area (Å²) in [6.07, 6.45) is 21.1. The van der Waals surface area contributed by atoms with Crippen LogP contribution in [0.5, 0.6) is 0 Å². The molecule has 0 spiro atoms. The molecule has 3 saturated carbocycles. The molecule has 1 unspecified atom stereocenters. The quantitative estimate of drug-likeness (QED) is 0.724. The summed E-state index contributed by atoms with van der Waals surface area (Å²) in [6, 6.07) is 0. The van der Waals surface area contributed by atoms with Crippen LogP contribution in [0.25, 0.3) is 0 Å². The molecule has 4 aliphatic carbocycles. The van der Waals surface area contributed by atoms with Crippen LogP contribution in [0.3, 0.4) is 0 Å². The predicted octanol–water partition coefficient (Wildman–Crippen LogP) is 4.92. The number of hydrazine groups is 1. The van der Waals surface area contributed by atoms with E-state index >= 15 is 0 Å². The molecule has 2 nitrogen and oxygen atoms in total. The summed E-state index contributed by atoms with van der Waals surface area (Å²) >= 11 is 0. The Labute approximate surface area is 148 Å². The minimum atomic E-state index is 0.309. The van der Waals surface area contributed by atoms with Crippen LogP contribution in [0.15, 0.2) is 12.2 Å². The van der Waals surface area contributed by atoms with Gasteiger partial charge in [0.25, 0.3) is 0 Å². The first kappa shape index (κ1) is 15.9. The van der Waals surface area contributed by atoms with E-state index in [-0.39, 0.29) is 0 Å². The Morgan fingerprint density at radius 3 is 2.67 bits per heavy atom. The zero-order valence-electron chi connectivity index (χ0n) is 15.6. The van der Waals surface area contributed by atoms with Crippen LogP contribution in [-0.4, -0.2) is 23.6 Å². The van der Waals surface area contributed by atoms with E-state index in [1.807, 2.05) is 0 Å². The van der Waals surface area contributed by atoms with Crippen molar-refractivity contribution < 1.29 is 0 Å². The topological polar surface area (TPSA) is 15.3 Å². The molecule has 0 amide bonds. The van der Waals surface area contributed by atoms with Gasteiger partial charge >= 0.3 is 0 Å². The Bertz CT molecular complexity index is 508. The minimum absolute atomic E-state index is 0.309. The third-order valence-corrected chi connectivity index (χ3v) is 8.99. The number of allylic oxidation sites excluding steroid dienone is 1. The molecule has 1 aliphatic heterocycles. The van der Waals surface area contributed by atoms with Gasteiger partial charge in [0.1, 0.15) is 0 Å². The standard InChI is InChI=1S/C22H36N2/c1-21-12-3-2-7-17(21)9-10-18-19(21)11-14-22(13-6-8-20(18)22)23-24-15-4-5-16-24/h6,13,17-20,23H,2-5,7-12,14-16H2,1H3/t17?,18-,19+,20+,21+,22-/m1/s1. The van der Waals surface area contributed by atoms with Gasteiger partial charge < -0.3 is 0 Å². The number of rotatable bonds is 2. The van der Waals surface area contributed by atoms with Crippen molar-refractivity contribution in [2.75, 3.05) is 13.1 Å². The average Bonchev–Trinajstić information content (AvgIpc) is 3.24. The molecule has 1 saturated heterocycles. The first-order chi connectivity index (χ1) is 11.7. The Kier molecular flexibility index (Phi) is 3.87. The lowest BCUT2D eigenvalue weighted by Crippen LogP contribution is -2.62. The van der Waals surface area contributed by atoms with Gasteiger partial charge in [0.2, 0.25) is 0 Å². The molecule has 1 N–H and O–H groups in total. The first-order valence-corrected chi connectivity index (χ1v) is 10.9. The highest BCUT2D eigenvalue weighted by Crippen LogP contribution is 2.63. The highest BCUT2D eigenvalue weighted by atomic mass is 15.5. The smallest absolute Gasteiger partial charge is 0.0539 e. The molecule has 5 rings (SSSR count). The molecule has 0 bridgehead atoms. The van der Waals surface area contributed by atoms with E-state index < -0.39 is 0 Å². The van der Waals surface area contributed by atoms with E-state index in [4.69, 9.17) is 0 Å². The van der Waals surface area contributed by atoms with Gasteiger partial charge in [-0.25, -0.2) is 10.4 Å². The normalized spacial score (nSPS) is 51.2. The van der Waals surface area contributed by atoms with Gasteiger partial charge in [0.05, 0.1) is 5.54 Å². The van der Waals surface area contributed by atoms with Crippen molar-refractivity contribution in [1.82, 2.24) is 10.4 Å². The number of nitrogens with one attached hydrogen (secondary N) is 1. The van der Waals surface area contributed by atoms with Crippen molar-refractivity contribution >= 4 is 0 Å². The molecule has 2 heteroatoms. The summed E-state index contributed by atoms with van der Waals surface area (Å²) in [7, 11) is 0. The number of hydrogen-bond donors (Lipinski definition) is 1.